The van der Waals surface area contributed by atoms with Gasteiger partial charge in [-0.15, -0.1) is 0 Å². The molecule has 1 amide bonds. The van der Waals surface area contributed by atoms with Gasteiger partial charge in [-0.1, -0.05) is 30.8 Å². The Bertz CT molecular complexity index is 1120. The molecule has 0 spiro atoms. The molecule has 0 aliphatic rings. The number of nitrogens with two attached hydrogens (primary N) is 1. The monoisotopic (exact) mass is 443 g/mol. The second-order valence-electron chi connectivity index (χ2n) is 6.02. The maximum atomic E-state index is 13.0. The molecule has 0 bridgehead atoms. The van der Waals surface area contributed by atoms with E-state index in [1.165, 1.54) is 0 Å². The van der Waals surface area contributed by atoms with Crippen molar-refractivity contribution in [1.82, 2.24) is 0 Å². The number of anilines is 1. The highest BCUT2D eigenvalue weighted by atomic mass is 35.5. The number of hydrogen-bond donors (Lipinski definition) is 2. The molecule has 7 nitrogen and oxygen atoms in total. The van der Waals surface area contributed by atoms with Crippen molar-refractivity contribution in [2.24, 2.45) is 5.73 Å². The third-order valence-electron chi connectivity index (χ3n) is 4.13. The molecule has 0 atom stereocenters. The van der Waals surface area contributed by atoms with Gasteiger partial charge in [0.2, 0.25) is 11.7 Å². The molecule has 0 unspecified atom stereocenters. The van der Waals surface area contributed by atoms with Gasteiger partial charge < -0.3 is 15.8 Å². The molecule has 0 aliphatic carbocycles. The van der Waals surface area contributed by atoms with Crippen molar-refractivity contribution >= 4 is 42.0 Å². The maximum absolute atomic E-state index is 13.0. The quantitative estimate of drug-likeness (QED) is 0.527. The maximum Gasteiger partial charge on any atom is 0.416 e. The van der Waals surface area contributed by atoms with E-state index in [0.29, 0.717) is 6.07 Å². The van der Waals surface area contributed by atoms with Crippen molar-refractivity contribution < 1.29 is 27.6 Å². The first-order valence-corrected chi connectivity index (χ1v) is 8.83. The molecule has 2 aromatic carbocycles. The number of nitrogens with one attached hydrogen (secondary N) is 1. The average Bonchev–Trinajstić information content (AvgIpc) is 2.65. The zero-order valence-corrected chi connectivity index (χ0v) is 16.5. The molecule has 0 saturated heterocycles. The lowest BCUT2D eigenvalue weighted by atomic mass is 9.97. The second-order valence-corrected chi connectivity index (χ2v) is 6.43. The van der Waals surface area contributed by atoms with Gasteiger partial charge in [-0.3, -0.25) is 14.9 Å². The van der Waals surface area contributed by atoms with Crippen molar-refractivity contribution in [2.75, 3.05) is 18.5 Å². The highest BCUT2D eigenvalue weighted by molar-refractivity contribution is 6.33. The summed E-state index contributed by atoms with van der Waals surface area (Å²) in [6.07, 6.45) is -4.63. The summed E-state index contributed by atoms with van der Waals surface area (Å²) in [5.74, 6) is -1.04. The third kappa shape index (κ3) is 4.39. The van der Waals surface area contributed by atoms with Crippen LogP contribution >= 0.6 is 11.6 Å². The van der Waals surface area contributed by atoms with Crippen molar-refractivity contribution in [3.05, 3.63) is 49.3 Å². The fourth-order valence-corrected chi connectivity index (χ4v) is 3.07. The van der Waals surface area contributed by atoms with Gasteiger partial charge in [-0.2, -0.15) is 13.2 Å². The summed E-state index contributed by atoms with van der Waals surface area (Å²) in [6.45, 7) is 8.50. The fourth-order valence-electron chi connectivity index (χ4n) is 2.79. The highest BCUT2D eigenvalue weighted by Gasteiger charge is 2.32. The zero-order valence-electron chi connectivity index (χ0n) is 15.7. The molecule has 2 rings (SSSR count). The zero-order chi connectivity index (χ0) is 22.8. The third-order valence-corrected chi connectivity index (χ3v) is 4.44. The van der Waals surface area contributed by atoms with Gasteiger partial charge in [0, 0.05) is 16.1 Å². The molecule has 0 saturated carbocycles. The molecule has 3 N–H and O–H groups in total. The van der Waals surface area contributed by atoms with E-state index in [-0.39, 0.29) is 44.6 Å². The largest absolute Gasteiger partial charge is 0.486 e. The van der Waals surface area contributed by atoms with Crippen LogP contribution in [0.1, 0.15) is 12.5 Å². The van der Waals surface area contributed by atoms with Crippen LogP contribution in [0.2, 0.25) is 5.02 Å². The van der Waals surface area contributed by atoms with E-state index < -0.39 is 34.8 Å². The Morgan fingerprint density at radius 2 is 1.97 bits per heavy atom. The first kappa shape index (κ1) is 23.2. The Morgan fingerprint density at radius 1 is 1.33 bits per heavy atom. The summed E-state index contributed by atoms with van der Waals surface area (Å²) in [6, 6.07) is 2.57. The van der Waals surface area contributed by atoms with Crippen molar-refractivity contribution in [1.29, 1.82) is 0 Å². The van der Waals surface area contributed by atoms with Crippen molar-refractivity contribution in [2.45, 2.75) is 13.1 Å². The number of nitro groups is 1. The van der Waals surface area contributed by atoms with Crippen LogP contribution in [-0.2, 0) is 11.0 Å². The highest BCUT2D eigenvalue weighted by Crippen LogP contribution is 2.42. The minimum atomic E-state index is -4.63. The van der Waals surface area contributed by atoms with Gasteiger partial charge in [0.25, 0.3) is 0 Å². The summed E-state index contributed by atoms with van der Waals surface area (Å²) in [7, 11) is 0. The number of benzene rings is 2. The number of halogens is 4. The SMILES string of the molecule is C=c1c(-c2ccc(C(F)(F)F)cc2Cl)c(NC(=O)CN)c(OCC)c([N+](=O)[O-])c1=C. The van der Waals surface area contributed by atoms with E-state index in [9.17, 15) is 28.1 Å². The first-order chi connectivity index (χ1) is 13.9. The minimum Gasteiger partial charge on any atom is -0.486 e. The number of nitrogens with zero attached hydrogens (tertiary/aromatic N) is 1. The van der Waals surface area contributed by atoms with Gasteiger partial charge in [0.1, 0.15) is 0 Å². The van der Waals surface area contributed by atoms with Crippen LogP contribution in [0, 0.1) is 10.1 Å². The Kier molecular flexibility index (Phi) is 6.73. The van der Waals surface area contributed by atoms with E-state index in [1.807, 2.05) is 0 Å². The Balaban J connectivity index is 2.98. The van der Waals surface area contributed by atoms with E-state index >= 15 is 0 Å². The molecular weight excluding hydrogens is 427 g/mol. The van der Waals surface area contributed by atoms with Gasteiger partial charge >= 0.3 is 11.9 Å². The normalized spacial score (nSPS) is 11.3. The van der Waals surface area contributed by atoms with Crippen LogP contribution in [0.15, 0.2) is 18.2 Å². The molecule has 2 aromatic rings. The molecule has 11 heteroatoms. The van der Waals surface area contributed by atoms with E-state index in [2.05, 4.69) is 18.5 Å². The van der Waals surface area contributed by atoms with Crippen LogP contribution < -0.4 is 26.2 Å². The number of alkyl halides is 3. The molecular formula is C19H17ClF3N3O4. The number of amides is 1. The van der Waals surface area contributed by atoms with Crippen LogP contribution in [0.25, 0.3) is 24.3 Å². The number of nitro benzene ring substituents is 1. The summed E-state index contributed by atoms with van der Waals surface area (Å²) in [4.78, 5) is 22.9. The lowest BCUT2D eigenvalue weighted by Crippen LogP contribution is -2.31. The number of carbonyl (C=O) groups is 1. The topological polar surface area (TPSA) is 107 Å². The van der Waals surface area contributed by atoms with Crippen LogP contribution in [0.5, 0.6) is 5.75 Å². The number of carbonyl (C=O) groups excluding carboxylic acids is 1. The summed E-state index contributed by atoms with van der Waals surface area (Å²) >= 11 is 6.11. The molecule has 0 radical (unpaired) electrons. The Hall–Kier alpha value is -3.11. The first-order valence-electron chi connectivity index (χ1n) is 8.46. The molecule has 0 heterocycles. The summed E-state index contributed by atoms with van der Waals surface area (Å²) in [5, 5.41) is 13.6. The number of rotatable bonds is 6. The Labute approximate surface area is 173 Å². The lowest BCUT2D eigenvalue weighted by molar-refractivity contribution is -0.386. The van der Waals surface area contributed by atoms with Gasteiger partial charge in [-0.25, -0.2) is 0 Å². The predicted molar refractivity (Wildman–Crippen MR) is 108 cm³/mol. The number of ether oxygens (including phenoxy) is 1. The number of hydrogen-bond acceptors (Lipinski definition) is 5. The lowest BCUT2D eigenvalue weighted by Gasteiger charge is -2.19. The minimum absolute atomic E-state index is 0.0115. The predicted octanol–water partition coefficient (Wildman–Crippen LogP) is 3.05. The van der Waals surface area contributed by atoms with Gasteiger partial charge in [-0.05, 0) is 24.3 Å². The molecule has 0 aromatic heterocycles. The van der Waals surface area contributed by atoms with Crippen LogP contribution in [0.4, 0.5) is 24.5 Å². The van der Waals surface area contributed by atoms with E-state index in [1.54, 1.807) is 6.92 Å². The van der Waals surface area contributed by atoms with Gasteiger partial charge in [0.05, 0.1) is 34.5 Å². The summed E-state index contributed by atoms with van der Waals surface area (Å²) < 4.78 is 44.4. The van der Waals surface area contributed by atoms with Crippen LogP contribution in [0.3, 0.4) is 0 Å². The van der Waals surface area contributed by atoms with E-state index in [0.717, 1.165) is 12.1 Å². The van der Waals surface area contributed by atoms with Crippen LogP contribution in [-0.4, -0.2) is 24.0 Å². The smallest absolute Gasteiger partial charge is 0.416 e. The van der Waals surface area contributed by atoms with Crippen molar-refractivity contribution in [3.63, 3.8) is 0 Å². The second kappa shape index (κ2) is 8.72. The standard InChI is InChI=1S/C19H17ClF3N3O4/c1-4-30-18-16(25-14(27)8-24)15(9(2)10(3)17(18)26(28)29)12-6-5-11(7-13(12)20)19(21,22)23/h5-7H,2-4,8,24H2,1H3,(H,25,27). The molecule has 30 heavy (non-hydrogen) atoms. The van der Waals surface area contributed by atoms with Crippen molar-refractivity contribution in [3.8, 4) is 16.9 Å². The molecule has 160 valence electrons. The van der Waals surface area contributed by atoms with E-state index in [4.69, 9.17) is 22.1 Å². The molecule has 0 aliphatic heterocycles. The molecule has 0 fully saturated rings. The fraction of sp³-hybridized carbons (Fsp3) is 0.211. The average molecular weight is 444 g/mol. The Morgan fingerprint density at radius 3 is 2.43 bits per heavy atom. The summed E-state index contributed by atoms with van der Waals surface area (Å²) in [5.41, 5.74) is 3.70. The van der Waals surface area contributed by atoms with Gasteiger partial charge in [0.15, 0.2) is 0 Å².